The van der Waals surface area contributed by atoms with E-state index in [1.54, 1.807) is 0 Å². The number of aliphatic hydroxyl groups excluding tert-OH is 4. The highest BCUT2D eigenvalue weighted by Gasteiger charge is 2.44. The molecule has 10 heteroatoms. The molecule has 1 aliphatic heterocycles. The van der Waals surface area contributed by atoms with E-state index in [2.05, 4.69) is 68.5 Å². The van der Waals surface area contributed by atoms with Crippen LogP contribution in [0.25, 0.3) is 0 Å². The number of ether oxygens (including phenoxy) is 4. The maximum Gasteiger partial charge on any atom is 0.306 e. The van der Waals surface area contributed by atoms with Crippen molar-refractivity contribution >= 4 is 11.9 Å². The van der Waals surface area contributed by atoms with E-state index in [0.717, 1.165) is 38.5 Å². The molecule has 2 unspecified atom stereocenters. The Morgan fingerprint density at radius 1 is 0.525 bits per heavy atom. The first-order valence-corrected chi connectivity index (χ1v) is 23.0. The van der Waals surface area contributed by atoms with Crippen LogP contribution in [0.1, 0.15) is 168 Å². The van der Waals surface area contributed by atoms with Crippen molar-refractivity contribution in [2.24, 2.45) is 0 Å². The molecule has 0 amide bonds. The van der Waals surface area contributed by atoms with Gasteiger partial charge in [0, 0.05) is 12.8 Å². The van der Waals surface area contributed by atoms with Crippen LogP contribution in [-0.4, -0.2) is 89.0 Å². The number of rotatable bonds is 37. The minimum atomic E-state index is -1.62. The van der Waals surface area contributed by atoms with Crippen LogP contribution in [0.5, 0.6) is 0 Å². The first-order chi connectivity index (χ1) is 28.8. The fraction of sp³-hybridized carbons (Fsp3) is 0.714. The Balaban J connectivity index is 2.41. The molecule has 6 atom stereocenters. The Morgan fingerprint density at radius 3 is 1.49 bits per heavy atom. The predicted molar refractivity (Wildman–Crippen MR) is 238 cm³/mol. The van der Waals surface area contributed by atoms with E-state index in [1.165, 1.54) is 89.9 Å². The molecule has 0 spiro atoms. The minimum absolute atomic E-state index is 0.0968. The number of carbonyl (C=O) groups is 2. The third-order valence-electron chi connectivity index (χ3n) is 10.1. The fourth-order valence-corrected chi connectivity index (χ4v) is 6.42. The quantitative estimate of drug-likeness (QED) is 0.0271. The van der Waals surface area contributed by atoms with Crippen LogP contribution in [0, 0.1) is 0 Å². The number of hydrogen-bond acceptors (Lipinski definition) is 10. The van der Waals surface area contributed by atoms with Gasteiger partial charge in [0.25, 0.3) is 0 Å². The Bertz CT molecular complexity index is 1190. The summed E-state index contributed by atoms with van der Waals surface area (Å²) in [4.78, 5) is 25.3. The van der Waals surface area contributed by atoms with Gasteiger partial charge < -0.3 is 39.4 Å². The largest absolute Gasteiger partial charge is 0.462 e. The van der Waals surface area contributed by atoms with E-state index in [1.807, 2.05) is 18.2 Å². The maximum atomic E-state index is 12.7. The molecule has 0 bridgehead atoms. The van der Waals surface area contributed by atoms with Gasteiger partial charge in [0.05, 0.1) is 13.2 Å². The second-order valence-electron chi connectivity index (χ2n) is 15.5. The summed E-state index contributed by atoms with van der Waals surface area (Å²) in [6.45, 7) is 3.28. The van der Waals surface area contributed by atoms with Crippen molar-refractivity contribution in [3.8, 4) is 0 Å². The number of unbranched alkanes of at least 4 members (excludes halogenated alkanes) is 14. The van der Waals surface area contributed by atoms with Gasteiger partial charge in [-0.2, -0.15) is 0 Å². The lowest BCUT2D eigenvalue weighted by Crippen LogP contribution is -2.59. The van der Waals surface area contributed by atoms with Crippen molar-refractivity contribution in [1.29, 1.82) is 0 Å². The third kappa shape index (κ3) is 30.8. The monoisotopic (exact) mass is 831 g/mol. The van der Waals surface area contributed by atoms with Gasteiger partial charge in [-0.3, -0.25) is 9.59 Å². The third-order valence-corrected chi connectivity index (χ3v) is 10.1. The van der Waals surface area contributed by atoms with Crippen LogP contribution in [0.3, 0.4) is 0 Å². The van der Waals surface area contributed by atoms with Crippen molar-refractivity contribution in [2.75, 3.05) is 19.8 Å². The number of carbonyl (C=O) groups excluding carboxylic acids is 2. The van der Waals surface area contributed by atoms with E-state index >= 15 is 0 Å². The summed E-state index contributed by atoms with van der Waals surface area (Å²) in [5.41, 5.74) is 0. The van der Waals surface area contributed by atoms with Crippen molar-refractivity contribution in [3.63, 3.8) is 0 Å². The van der Waals surface area contributed by atoms with Gasteiger partial charge in [0.1, 0.15) is 31.0 Å². The molecule has 1 saturated heterocycles. The molecule has 0 radical (unpaired) electrons. The molecular weight excluding hydrogens is 749 g/mol. The van der Waals surface area contributed by atoms with E-state index in [9.17, 15) is 30.0 Å². The zero-order valence-electron chi connectivity index (χ0n) is 36.7. The number of allylic oxidation sites excluding steroid dienone is 12. The average Bonchev–Trinajstić information content (AvgIpc) is 3.23. The zero-order valence-corrected chi connectivity index (χ0v) is 36.7. The molecule has 10 nitrogen and oxygen atoms in total. The first-order valence-electron chi connectivity index (χ1n) is 23.0. The highest BCUT2D eigenvalue weighted by atomic mass is 16.7. The van der Waals surface area contributed by atoms with E-state index in [0.29, 0.717) is 12.8 Å². The van der Waals surface area contributed by atoms with Gasteiger partial charge in [-0.1, -0.05) is 164 Å². The highest BCUT2D eigenvalue weighted by molar-refractivity contribution is 5.70. The van der Waals surface area contributed by atoms with Gasteiger partial charge in [-0.05, 0) is 64.2 Å². The molecule has 59 heavy (non-hydrogen) atoms. The predicted octanol–water partition coefficient (Wildman–Crippen LogP) is 10.00. The summed E-state index contributed by atoms with van der Waals surface area (Å²) in [5, 5.41) is 40.1. The average molecular weight is 831 g/mol. The van der Waals surface area contributed by atoms with Gasteiger partial charge in [0.15, 0.2) is 12.4 Å². The summed E-state index contributed by atoms with van der Waals surface area (Å²) in [6.07, 6.45) is 42.2. The second kappa shape index (κ2) is 39.3. The van der Waals surface area contributed by atoms with Crippen LogP contribution in [-0.2, 0) is 28.5 Å². The first kappa shape index (κ1) is 54.2. The lowest BCUT2D eigenvalue weighted by molar-refractivity contribution is -0.305. The van der Waals surface area contributed by atoms with Gasteiger partial charge in [-0.25, -0.2) is 0 Å². The summed E-state index contributed by atoms with van der Waals surface area (Å²) < 4.78 is 22.0. The Morgan fingerprint density at radius 2 is 0.949 bits per heavy atom. The number of esters is 2. The summed E-state index contributed by atoms with van der Waals surface area (Å²) in [7, 11) is 0. The Kier molecular flexibility index (Phi) is 36.1. The molecule has 4 N–H and O–H groups in total. The molecule has 1 heterocycles. The SMILES string of the molecule is CCCCC/C=C/C/C=C/C/C=C/C/C=C/C/C=C/CCC(=O)O[C@H](COC(=O)CC/C=C/CCCCCCCCCCCCC)CO[C@@H]1O[C@H](CO)[C@H](O)C(O)C1O. The second-order valence-corrected chi connectivity index (χ2v) is 15.5. The molecule has 1 rings (SSSR count). The smallest absolute Gasteiger partial charge is 0.306 e. The highest BCUT2D eigenvalue weighted by Crippen LogP contribution is 2.22. The van der Waals surface area contributed by atoms with E-state index in [-0.39, 0.29) is 26.1 Å². The van der Waals surface area contributed by atoms with Crippen molar-refractivity contribution in [3.05, 3.63) is 72.9 Å². The van der Waals surface area contributed by atoms with Gasteiger partial charge in [-0.15, -0.1) is 0 Å². The van der Waals surface area contributed by atoms with Crippen molar-refractivity contribution in [1.82, 2.24) is 0 Å². The van der Waals surface area contributed by atoms with Gasteiger partial charge >= 0.3 is 11.9 Å². The number of aliphatic hydroxyl groups is 4. The molecule has 0 aromatic heterocycles. The fourth-order valence-electron chi connectivity index (χ4n) is 6.42. The molecular formula is C49H82O10. The van der Waals surface area contributed by atoms with Crippen LogP contribution in [0.15, 0.2) is 72.9 Å². The summed E-state index contributed by atoms with van der Waals surface area (Å²) in [5.74, 6) is -0.964. The van der Waals surface area contributed by atoms with Crippen LogP contribution >= 0.6 is 0 Å². The maximum absolute atomic E-state index is 12.7. The molecule has 0 aromatic carbocycles. The lowest BCUT2D eigenvalue weighted by Gasteiger charge is -2.39. The van der Waals surface area contributed by atoms with Crippen LogP contribution in [0.4, 0.5) is 0 Å². The summed E-state index contributed by atoms with van der Waals surface area (Å²) >= 11 is 0. The molecule has 1 fully saturated rings. The normalized spacial score (nSPS) is 20.7. The number of hydrogen-bond donors (Lipinski definition) is 4. The minimum Gasteiger partial charge on any atom is -0.462 e. The molecule has 1 aliphatic rings. The Labute approximate surface area is 357 Å². The molecule has 0 saturated carbocycles. The van der Waals surface area contributed by atoms with Crippen LogP contribution in [0.2, 0.25) is 0 Å². The Hall–Kier alpha value is -2.86. The topological polar surface area (TPSA) is 152 Å². The molecule has 0 aliphatic carbocycles. The van der Waals surface area contributed by atoms with Gasteiger partial charge in [0.2, 0.25) is 0 Å². The van der Waals surface area contributed by atoms with E-state index < -0.39 is 55.4 Å². The standard InChI is InChI=1S/C49H82O10/c1-3-5-7-9-11-13-15-17-19-20-21-22-24-26-28-30-32-34-36-38-45(52)58-42(41-57-49-48(55)47(54)46(53)43(39-50)59-49)40-56-44(51)37-35-33-31-29-27-25-23-18-16-14-12-10-8-6-4-2/h11,13,17,19,21-22,26,28,31-34,42-43,46-50,53-55H,3-10,12,14-16,18,20,23-25,27,29-30,35-41H2,1-2H3/b13-11+,19-17+,22-21+,28-26+,33-31+,34-32+/t42-,43-,46+,47?,48?,49-/m1/s1. The van der Waals surface area contributed by atoms with Crippen molar-refractivity contribution < 1.29 is 49.0 Å². The molecule has 0 aromatic rings. The zero-order chi connectivity index (χ0) is 43.0. The molecule has 338 valence electrons. The summed E-state index contributed by atoms with van der Waals surface area (Å²) in [6, 6.07) is 0. The van der Waals surface area contributed by atoms with Crippen molar-refractivity contribution in [2.45, 2.75) is 205 Å². The van der Waals surface area contributed by atoms with E-state index in [4.69, 9.17) is 18.9 Å². The lowest BCUT2D eigenvalue weighted by atomic mass is 9.99. The van der Waals surface area contributed by atoms with Crippen LogP contribution < -0.4 is 0 Å².